The molecule has 0 aromatic heterocycles. The number of aryl methyl sites for hydroxylation is 1. The number of ether oxygens (including phenoxy) is 1. The Morgan fingerprint density at radius 1 is 1.19 bits per heavy atom. The molecule has 108 valence electrons. The highest BCUT2D eigenvalue weighted by atomic mass is 19.1. The third kappa shape index (κ3) is 4.34. The van der Waals surface area contributed by atoms with Crippen LogP contribution in [-0.4, -0.2) is 11.7 Å². The zero-order valence-electron chi connectivity index (χ0n) is 11.9. The molecule has 0 saturated carbocycles. The van der Waals surface area contributed by atoms with Crippen molar-refractivity contribution in [2.75, 3.05) is 6.61 Å². The molecule has 0 saturated heterocycles. The van der Waals surface area contributed by atoms with Gasteiger partial charge in [-0.15, -0.1) is 0 Å². The summed E-state index contributed by atoms with van der Waals surface area (Å²) in [6, 6.07) is 12.2. The predicted octanol–water partition coefficient (Wildman–Crippen LogP) is 3.45. The minimum absolute atomic E-state index is 0.00753. The first-order valence-electron chi connectivity index (χ1n) is 6.77. The van der Waals surface area contributed by atoms with Gasteiger partial charge < -0.3 is 9.84 Å². The van der Waals surface area contributed by atoms with Crippen molar-refractivity contribution < 1.29 is 14.2 Å². The van der Waals surface area contributed by atoms with E-state index in [1.54, 1.807) is 6.07 Å². The highest BCUT2D eigenvalue weighted by Crippen LogP contribution is 2.21. The Morgan fingerprint density at radius 3 is 2.76 bits per heavy atom. The first kappa shape index (κ1) is 15.1. The summed E-state index contributed by atoms with van der Waals surface area (Å²) < 4.78 is 19.1. The second kappa shape index (κ2) is 7.47. The molecule has 3 heteroatoms. The van der Waals surface area contributed by atoms with Gasteiger partial charge in [0, 0.05) is 12.5 Å². The van der Waals surface area contributed by atoms with Crippen molar-refractivity contribution in [2.24, 2.45) is 0 Å². The van der Waals surface area contributed by atoms with E-state index in [0.29, 0.717) is 24.3 Å². The molecule has 0 heterocycles. The summed E-state index contributed by atoms with van der Waals surface area (Å²) in [5, 5.41) is 8.75. The van der Waals surface area contributed by atoms with E-state index in [4.69, 9.17) is 9.84 Å². The van der Waals surface area contributed by atoms with Crippen LogP contribution in [-0.2, 0) is 6.61 Å². The van der Waals surface area contributed by atoms with Crippen LogP contribution in [0.3, 0.4) is 0 Å². The molecule has 21 heavy (non-hydrogen) atoms. The van der Waals surface area contributed by atoms with Gasteiger partial charge in [0.15, 0.2) is 0 Å². The van der Waals surface area contributed by atoms with Crippen molar-refractivity contribution >= 4 is 0 Å². The smallest absolute Gasteiger partial charge is 0.138 e. The van der Waals surface area contributed by atoms with Crippen molar-refractivity contribution in [1.29, 1.82) is 0 Å². The van der Waals surface area contributed by atoms with E-state index in [2.05, 4.69) is 11.8 Å². The number of benzene rings is 2. The number of halogens is 1. The summed E-state index contributed by atoms with van der Waals surface area (Å²) in [4.78, 5) is 0. The maximum Gasteiger partial charge on any atom is 0.138 e. The van der Waals surface area contributed by atoms with Crippen molar-refractivity contribution in [3.63, 3.8) is 0 Å². The van der Waals surface area contributed by atoms with Crippen LogP contribution in [0.25, 0.3) is 0 Å². The zero-order valence-corrected chi connectivity index (χ0v) is 11.9. The molecule has 0 unspecified atom stereocenters. The van der Waals surface area contributed by atoms with Crippen molar-refractivity contribution in [3.05, 3.63) is 65.0 Å². The largest absolute Gasteiger partial charge is 0.487 e. The number of aliphatic hydroxyl groups is 1. The van der Waals surface area contributed by atoms with Crippen LogP contribution < -0.4 is 4.74 Å². The quantitative estimate of drug-likeness (QED) is 0.871. The molecule has 2 nitrogen and oxygen atoms in total. The molecule has 0 aliphatic carbocycles. The summed E-state index contributed by atoms with van der Waals surface area (Å²) in [7, 11) is 0. The van der Waals surface area contributed by atoms with Gasteiger partial charge in [0.25, 0.3) is 0 Å². The van der Waals surface area contributed by atoms with Crippen LogP contribution in [0.5, 0.6) is 5.75 Å². The summed E-state index contributed by atoms with van der Waals surface area (Å²) in [5.74, 6) is 5.77. The predicted molar refractivity (Wildman–Crippen MR) is 80.5 cm³/mol. The highest BCUT2D eigenvalue weighted by molar-refractivity contribution is 5.46. The SMILES string of the molecule is Cc1ccccc1COc1cc(F)ccc1C#CCCO. The molecular weight excluding hydrogens is 267 g/mol. The zero-order chi connectivity index (χ0) is 15.1. The van der Waals surface area contributed by atoms with Crippen LogP contribution in [0.1, 0.15) is 23.1 Å². The van der Waals surface area contributed by atoms with Crippen LogP contribution in [0, 0.1) is 24.6 Å². The molecule has 2 aromatic carbocycles. The third-order valence-electron chi connectivity index (χ3n) is 3.05. The van der Waals surface area contributed by atoms with Gasteiger partial charge in [0.1, 0.15) is 18.2 Å². The minimum atomic E-state index is -0.359. The normalized spacial score (nSPS) is 9.86. The van der Waals surface area contributed by atoms with Crippen LogP contribution in [0.4, 0.5) is 4.39 Å². The molecule has 1 N–H and O–H groups in total. The number of hydrogen-bond acceptors (Lipinski definition) is 2. The molecule has 0 fully saturated rings. The Labute approximate surface area is 124 Å². The number of aliphatic hydroxyl groups excluding tert-OH is 1. The van der Waals surface area contributed by atoms with Gasteiger partial charge in [-0.25, -0.2) is 4.39 Å². The van der Waals surface area contributed by atoms with E-state index in [9.17, 15) is 4.39 Å². The Balaban J connectivity index is 2.17. The fourth-order valence-electron chi connectivity index (χ4n) is 1.86. The van der Waals surface area contributed by atoms with Gasteiger partial charge in [0.05, 0.1) is 12.2 Å². The molecule has 2 rings (SSSR count). The topological polar surface area (TPSA) is 29.5 Å². The molecular formula is C18H17FO2. The molecule has 0 aliphatic heterocycles. The summed E-state index contributed by atoms with van der Waals surface area (Å²) >= 11 is 0. The van der Waals surface area contributed by atoms with Crippen molar-refractivity contribution in [2.45, 2.75) is 20.0 Å². The third-order valence-corrected chi connectivity index (χ3v) is 3.05. The van der Waals surface area contributed by atoms with E-state index in [-0.39, 0.29) is 12.4 Å². The summed E-state index contributed by atoms with van der Waals surface area (Å²) in [5.41, 5.74) is 2.80. The second-order valence-corrected chi connectivity index (χ2v) is 4.63. The van der Waals surface area contributed by atoms with Gasteiger partial charge in [-0.3, -0.25) is 0 Å². The lowest BCUT2D eigenvalue weighted by Crippen LogP contribution is -1.99. The van der Waals surface area contributed by atoms with Crippen molar-refractivity contribution in [1.82, 2.24) is 0 Å². The molecule has 0 aliphatic rings. The Hall–Kier alpha value is -2.31. The molecule has 0 spiro atoms. The van der Waals surface area contributed by atoms with Crippen LogP contribution in [0.15, 0.2) is 42.5 Å². The molecule has 0 amide bonds. The highest BCUT2D eigenvalue weighted by Gasteiger charge is 2.05. The lowest BCUT2D eigenvalue weighted by atomic mass is 10.1. The van der Waals surface area contributed by atoms with Gasteiger partial charge in [-0.2, -0.15) is 0 Å². The summed E-state index contributed by atoms with van der Waals surface area (Å²) in [6.45, 7) is 2.38. The average molecular weight is 284 g/mol. The monoisotopic (exact) mass is 284 g/mol. The lowest BCUT2D eigenvalue weighted by molar-refractivity contribution is 0.302. The maximum atomic E-state index is 13.4. The van der Waals surface area contributed by atoms with Gasteiger partial charge >= 0.3 is 0 Å². The van der Waals surface area contributed by atoms with E-state index < -0.39 is 0 Å². The standard InChI is InChI=1S/C18H17FO2/c1-14-6-2-3-8-16(14)13-21-18-12-17(19)10-9-15(18)7-4-5-11-20/h2-3,6,8-10,12,20H,5,11,13H2,1H3. The fourth-order valence-corrected chi connectivity index (χ4v) is 1.86. The van der Waals surface area contributed by atoms with E-state index in [1.807, 2.05) is 31.2 Å². The minimum Gasteiger partial charge on any atom is -0.487 e. The van der Waals surface area contributed by atoms with Crippen LogP contribution >= 0.6 is 0 Å². The average Bonchev–Trinajstić information content (AvgIpc) is 2.48. The number of rotatable bonds is 4. The van der Waals surface area contributed by atoms with Gasteiger partial charge in [-0.1, -0.05) is 36.1 Å². The first-order valence-corrected chi connectivity index (χ1v) is 6.77. The Kier molecular flexibility index (Phi) is 5.36. The molecule has 0 bridgehead atoms. The van der Waals surface area contributed by atoms with Gasteiger partial charge in [-0.05, 0) is 30.2 Å². The summed E-state index contributed by atoms with van der Waals surface area (Å²) in [6.07, 6.45) is 0.384. The Bertz CT molecular complexity index is 668. The van der Waals surface area contributed by atoms with Crippen LogP contribution in [0.2, 0.25) is 0 Å². The molecule has 0 radical (unpaired) electrons. The molecule has 0 atom stereocenters. The first-order chi connectivity index (χ1) is 10.2. The second-order valence-electron chi connectivity index (χ2n) is 4.63. The lowest BCUT2D eigenvalue weighted by Gasteiger charge is -2.10. The maximum absolute atomic E-state index is 13.4. The van der Waals surface area contributed by atoms with Crippen molar-refractivity contribution in [3.8, 4) is 17.6 Å². The van der Waals surface area contributed by atoms with E-state index in [1.165, 1.54) is 12.1 Å². The molecule has 2 aromatic rings. The van der Waals surface area contributed by atoms with Gasteiger partial charge in [0.2, 0.25) is 0 Å². The fraction of sp³-hybridized carbons (Fsp3) is 0.222. The van der Waals surface area contributed by atoms with E-state index in [0.717, 1.165) is 11.1 Å². The van der Waals surface area contributed by atoms with E-state index >= 15 is 0 Å². The number of hydrogen-bond donors (Lipinski definition) is 1. The Morgan fingerprint density at radius 2 is 2.00 bits per heavy atom.